The van der Waals surface area contributed by atoms with Crippen molar-refractivity contribution in [1.82, 2.24) is 5.32 Å². The summed E-state index contributed by atoms with van der Waals surface area (Å²) in [6.45, 7) is 4.20. The summed E-state index contributed by atoms with van der Waals surface area (Å²) in [6, 6.07) is 11.5. The third kappa shape index (κ3) is 6.15. The van der Waals surface area contributed by atoms with E-state index in [4.69, 9.17) is 27.9 Å². The molecule has 0 radical (unpaired) electrons. The fraction of sp³-hybridized carbons (Fsp3) is 0.300. The number of amides is 2. The number of esters is 1. The van der Waals surface area contributed by atoms with Crippen molar-refractivity contribution in [2.75, 3.05) is 12.4 Å². The molecular formula is C20H22Cl2N2O3. The highest BCUT2D eigenvalue weighted by atomic mass is 35.5. The third-order valence-electron chi connectivity index (χ3n) is 4.09. The molecule has 5 nitrogen and oxygen atoms in total. The van der Waals surface area contributed by atoms with E-state index in [0.29, 0.717) is 21.7 Å². The van der Waals surface area contributed by atoms with Gasteiger partial charge in [0, 0.05) is 5.02 Å². The summed E-state index contributed by atoms with van der Waals surface area (Å²) in [5, 5.41) is 6.26. The Morgan fingerprint density at radius 3 is 2.22 bits per heavy atom. The van der Waals surface area contributed by atoms with Crippen LogP contribution in [-0.2, 0) is 9.53 Å². The van der Waals surface area contributed by atoms with Gasteiger partial charge in [0.1, 0.15) is 0 Å². The van der Waals surface area contributed by atoms with Gasteiger partial charge in [-0.2, -0.15) is 0 Å². The molecule has 0 aromatic heterocycles. The van der Waals surface area contributed by atoms with E-state index in [1.807, 2.05) is 24.3 Å². The maximum Gasteiger partial charge on any atom is 0.319 e. The van der Waals surface area contributed by atoms with Gasteiger partial charge in [-0.05, 0) is 35.2 Å². The number of hydrogen-bond acceptors (Lipinski definition) is 3. The minimum Gasteiger partial charge on any atom is -0.469 e. The lowest BCUT2D eigenvalue weighted by atomic mass is 9.98. The number of methoxy groups -OCH3 is 1. The van der Waals surface area contributed by atoms with Crippen LogP contribution in [0, 0.1) is 0 Å². The Balaban J connectivity index is 2.15. The number of benzene rings is 2. The van der Waals surface area contributed by atoms with Crippen molar-refractivity contribution in [2.45, 2.75) is 32.2 Å². The molecule has 2 rings (SSSR count). The maximum atomic E-state index is 12.4. The summed E-state index contributed by atoms with van der Waals surface area (Å²) in [7, 11) is 1.31. The van der Waals surface area contributed by atoms with Crippen molar-refractivity contribution in [3.8, 4) is 0 Å². The first-order valence-electron chi connectivity index (χ1n) is 8.49. The minimum atomic E-state index is -0.537. The summed E-state index contributed by atoms with van der Waals surface area (Å²) in [6.07, 6.45) is 0.0132. The van der Waals surface area contributed by atoms with Crippen molar-refractivity contribution >= 4 is 40.9 Å². The molecular weight excluding hydrogens is 387 g/mol. The Hall–Kier alpha value is -2.24. The predicted octanol–water partition coefficient (Wildman–Crippen LogP) is 5.54. The lowest BCUT2D eigenvalue weighted by Crippen LogP contribution is -2.34. The van der Waals surface area contributed by atoms with Crippen LogP contribution >= 0.6 is 23.2 Å². The SMILES string of the molecule is COC(=O)C[C@H](NC(=O)Nc1ccc(Cl)cc1Cl)c1ccc(C(C)C)cc1. The lowest BCUT2D eigenvalue weighted by molar-refractivity contribution is -0.141. The van der Waals surface area contributed by atoms with E-state index in [9.17, 15) is 9.59 Å². The fourth-order valence-electron chi connectivity index (χ4n) is 2.52. The van der Waals surface area contributed by atoms with Crippen molar-refractivity contribution in [1.29, 1.82) is 0 Å². The van der Waals surface area contributed by atoms with Gasteiger partial charge in [-0.25, -0.2) is 4.79 Å². The Labute approximate surface area is 169 Å². The second-order valence-electron chi connectivity index (χ2n) is 6.38. The number of carbonyl (C=O) groups excluding carboxylic acids is 2. The molecule has 0 fully saturated rings. The molecule has 0 bridgehead atoms. The maximum absolute atomic E-state index is 12.4. The monoisotopic (exact) mass is 408 g/mol. The summed E-state index contributed by atoms with van der Waals surface area (Å²) in [5.74, 6) is -0.0285. The molecule has 7 heteroatoms. The van der Waals surface area contributed by atoms with Gasteiger partial charge in [0.05, 0.1) is 30.3 Å². The van der Waals surface area contributed by atoms with Gasteiger partial charge >= 0.3 is 12.0 Å². The number of ether oxygens (including phenoxy) is 1. The molecule has 0 aliphatic rings. The second kappa shape index (κ2) is 9.62. The quantitative estimate of drug-likeness (QED) is 0.616. The van der Waals surface area contributed by atoms with Crippen LogP contribution in [0.4, 0.5) is 10.5 Å². The van der Waals surface area contributed by atoms with Gasteiger partial charge in [-0.15, -0.1) is 0 Å². The Kier molecular flexibility index (Phi) is 7.51. The van der Waals surface area contributed by atoms with Gasteiger partial charge in [0.2, 0.25) is 0 Å². The minimum absolute atomic E-state index is 0.0132. The van der Waals surface area contributed by atoms with Gasteiger partial charge in [0.25, 0.3) is 0 Å². The number of hydrogen-bond donors (Lipinski definition) is 2. The zero-order valence-corrected chi connectivity index (χ0v) is 16.9. The van der Waals surface area contributed by atoms with Crippen LogP contribution in [0.15, 0.2) is 42.5 Å². The van der Waals surface area contributed by atoms with Crippen molar-refractivity contribution in [2.24, 2.45) is 0 Å². The summed E-state index contributed by atoms with van der Waals surface area (Å²) in [5.41, 5.74) is 2.40. The van der Waals surface area contributed by atoms with E-state index >= 15 is 0 Å². The molecule has 0 aliphatic heterocycles. The van der Waals surface area contributed by atoms with E-state index in [-0.39, 0.29) is 6.42 Å². The van der Waals surface area contributed by atoms with E-state index in [2.05, 4.69) is 24.5 Å². The first-order chi connectivity index (χ1) is 12.8. The van der Waals surface area contributed by atoms with E-state index < -0.39 is 18.0 Å². The molecule has 0 spiro atoms. The van der Waals surface area contributed by atoms with Crippen molar-refractivity contribution < 1.29 is 14.3 Å². The standard InChI is InChI=1S/C20H22Cl2N2O3/c1-12(2)13-4-6-14(7-5-13)18(11-19(25)27-3)24-20(26)23-17-9-8-15(21)10-16(17)22/h4-10,12,18H,11H2,1-3H3,(H2,23,24,26)/t18-/m0/s1. The number of carbonyl (C=O) groups is 2. The topological polar surface area (TPSA) is 67.4 Å². The molecule has 0 unspecified atom stereocenters. The molecule has 2 N–H and O–H groups in total. The van der Waals surface area contributed by atoms with Crippen molar-refractivity contribution in [3.05, 3.63) is 63.6 Å². The predicted molar refractivity (Wildman–Crippen MR) is 109 cm³/mol. The van der Waals surface area contributed by atoms with Crippen LogP contribution in [0.3, 0.4) is 0 Å². The molecule has 0 saturated carbocycles. The van der Waals surface area contributed by atoms with Gasteiger partial charge in [0.15, 0.2) is 0 Å². The molecule has 2 amide bonds. The average molecular weight is 409 g/mol. The highest BCUT2D eigenvalue weighted by molar-refractivity contribution is 6.36. The number of nitrogens with one attached hydrogen (secondary N) is 2. The highest BCUT2D eigenvalue weighted by Crippen LogP contribution is 2.26. The van der Waals surface area contributed by atoms with E-state index in [1.54, 1.807) is 12.1 Å². The van der Waals surface area contributed by atoms with Crippen LogP contribution in [0.2, 0.25) is 10.0 Å². The fourth-order valence-corrected chi connectivity index (χ4v) is 2.98. The van der Waals surface area contributed by atoms with E-state index in [1.165, 1.54) is 18.7 Å². The van der Waals surface area contributed by atoms with Crippen LogP contribution in [0.25, 0.3) is 0 Å². The number of anilines is 1. The molecule has 2 aromatic carbocycles. The van der Waals surface area contributed by atoms with Gasteiger partial charge in [-0.3, -0.25) is 4.79 Å². The van der Waals surface area contributed by atoms with Gasteiger partial charge < -0.3 is 15.4 Å². The smallest absolute Gasteiger partial charge is 0.319 e. The summed E-state index contributed by atoms with van der Waals surface area (Å²) < 4.78 is 4.75. The first kappa shape index (κ1) is 21.1. The molecule has 0 aliphatic carbocycles. The molecule has 0 saturated heterocycles. The zero-order valence-electron chi connectivity index (χ0n) is 15.4. The normalized spacial score (nSPS) is 11.8. The molecule has 2 aromatic rings. The van der Waals surface area contributed by atoms with E-state index in [0.717, 1.165) is 5.56 Å². The van der Waals surface area contributed by atoms with Crippen LogP contribution in [0.5, 0.6) is 0 Å². The third-order valence-corrected chi connectivity index (χ3v) is 4.64. The number of rotatable bonds is 6. The van der Waals surface area contributed by atoms with Crippen molar-refractivity contribution in [3.63, 3.8) is 0 Å². The average Bonchev–Trinajstić information content (AvgIpc) is 2.63. The number of halogens is 2. The summed E-state index contributed by atoms with van der Waals surface area (Å²) in [4.78, 5) is 24.2. The largest absolute Gasteiger partial charge is 0.469 e. The molecule has 27 heavy (non-hydrogen) atoms. The van der Waals surface area contributed by atoms with Crippen LogP contribution in [0.1, 0.15) is 43.4 Å². The summed E-state index contributed by atoms with van der Waals surface area (Å²) >= 11 is 11.9. The lowest BCUT2D eigenvalue weighted by Gasteiger charge is -2.19. The van der Waals surface area contributed by atoms with Crippen LogP contribution < -0.4 is 10.6 Å². The van der Waals surface area contributed by atoms with Gasteiger partial charge in [-0.1, -0.05) is 61.3 Å². The molecule has 144 valence electrons. The highest BCUT2D eigenvalue weighted by Gasteiger charge is 2.19. The van der Waals surface area contributed by atoms with Crippen LogP contribution in [-0.4, -0.2) is 19.1 Å². The number of urea groups is 1. The Morgan fingerprint density at radius 1 is 1.04 bits per heavy atom. The Morgan fingerprint density at radius 2 is 1.67 bits per heavy atom. The molecule has 1 atom stereocenters. The Bertz CT molecular complexity index is 807. The first-order valence-corrected chi connectivity index (χ1v) is 9.25. The second-order valence-corrected chi connectivity index (χ2v) is 7.22. The zero-order chi connectivity index (χ0) is 20.0. The molecule has 0 heterocycles.